The summed E-state index contributed by atoms with van der Waals surface area (Å²) < 4.78 is 13.0. The topological polar surface area (TPSA) is 18.5 Å². The van der Waals surface area contributed by atoms with E-state index in [9.17, 15) is 0 Å². The fourth-order valence-electron chi connectivity index (χ4n) is 4.75. The zero-order valence-electron chi connectivity index (χ0n) is 22.5. The number of rotatable bonds is 9. The first-order valence-electron chi connectivity index (χ1n) is 13.4. The average Bonchev–Trinajstić information content (AvgIpc) is 3.08. The summed E-state index contributed by atoms with van der Waals surface area (Å²) in [5, 5.41) is 0. The van der Waals surface area contributed by atoms with E-state index >= 15 is 0 Å². The summed E-state index contributed by atoms with van der Waals surface area (Å²) in [6.07, 6.45) is 7.14. The number of hydrogen-bond donors (Lipinski definition) is 0. The highest BCUT2D eigenvalue weighted by molar-refractivity contribution is 6.64. The van der Waals surface area contributed by atoms with Crippen molar-refractivity contribution < 1.29 is 9.31 Å². The predicted molar refractivity (Wildman–Crippen MR) is 150 cm³/mol. The molecule has 35 heavy (non-hydrogen) atoms. The van der Waals surface area contributed by atoms with Crippen LogP contribution < -0.4 is 5.46 Å². The van der Waals surface area contributed by atoms with Crippen molar-refractivity contribution >= 4 is 12.6 Å². The lowest BCUT2D eigenvalue weighted by atomic mass is 9.72. The third kappa shape index (κ3) is 5.57. The van der Waals surface area contributed by atoms with Crippen LogP contribution in [-0.4, -0.2) is 18.3 Å². The van der Waals surface area contributed by atoms with E-state index in [4.69, 9.17) is 9.31 Å². The van der Waals surface area contributed by atoms with Crippen LogP contribution in [0.15, 0.2) is 66.7 Å². The van der Waals surface area contributed by atoms with Gasteiger partial charge in [-0.25, -0.2) is 0 Å². The Hall–Kier alpha value is -2.36. The molecule has 1 saturated heterocycles. The van der Waals surface area contributed by atoms with Gasteiger partial charge in [-0.05, 0) is 92.2 Å². The molecule has 0 saturated carbocycles. The van der Waals surface area contributed by atoms with Gasteiger partial charge in [0.05, 0.1) is 11.2 Å². The second-order valence-corrected chi connectivity index (χ2v) is 11.0. The molecule has 0 radical (unpaired) electrons. The van der Waals surface area contributed by atoms with Crippen molar-refractivity contribution in [3.05, 3.63) is 77.9 Å². The molecule has 4 rings (SSSR count). The van der Waals surface area contributed by atoms with Crippen LogP contribution in [0.4, 0.5) is 0 Å². The van der Waals surface area contributed by atoms with Crippen LogP contribution in [0.5, 0.6) is 0 Å². The molecule has 184 valence electrons. The average molecular weight is 468 g/mol. The van der Waals surface area contributed by atoms with Crippen LogP contribution in [0.3, 0.4) is 0 Å². The molecule has 0 aliphatic carbocycles. The van der Waals surface area contributed by atoms with Crippen molar-refractivity contribution in [3.8, 4) is 22.3 Å². The molecule has 1 fully saturated rings. The summed E-state index contributed by atoms with van der Waals surface area (Å²) in [6, 6.07) is 24.8. The Morgan fingerprint density at radius 2 is 1.11 bits per heavy atom. The van der Waals surface area contributed by atoms with Gasteiger partial charge in [0.1, 0.15) is 0 Å². The standard InChI is InChI=1S/C32H41BO2/c1-7-9-12-24-16-20-26(21-17-24)28-14-11-15-29(33-34-31(3,4)32(5,6)35-33)30(28)27-22-18-25(19-23-27)13-10-8-2/h11,14-23H,7-10,12-13H2,1-6H3. The van der Waals surface area contributed by atoms with Crippen molar-refractivity contribution in [3.63, 3.8) is 0 Å². The van der Waals surface area contributed by atoms with Gasteiger partial charge >= 0.3 is 7.12 Å². The van der Waals surface area contributed by atoms with Gasteiger partial charge in [-0.15, -0.1) is 0 Å². The molecule has 3 heteroatoms. The SMILES string of the molecule is CCCCc1ccc(-c2cccc(B3OC(C)(C)C(C)(C)O3)c2-c2ccc(CCCC)cc2)cc1. The lowest BCUT2D eigenvalue weighted by Crippen LogP contribution is -2.41. The largest absolute Gasteiger partial charge is 0.495 e. The zero-order chi connectivity index (χ0) is 25.1. The Bertz CT molecular complexity index is 1100. The van der Waals surface area contributed by atoms with Gasteiger partial charge in [0.15, 0.2) is 0 Å². The number of benzene rings is 3. The molecular formula is C32H41BO2. The fourth-order valence-corrected chi connectivity index (χ4v) is 4.75. The second-order valence-electron chi connectivity index (χ2n) is 11.0. The highest BCUT2D eigenvalue weighted by atomic mass is 16.7. The van der Waals surface area contributed by atoms with E-state index in [1.54, 1.807) is 0 Å². The molecule has 0 N–H and O–H groups in total. The lowest BCUT2D eigenvalue weighted by molar-refractivity contribution is 0.00578. The van der Waals surface area contributed by atoms with Crippen LogP contribution in [0.25, 0.3) is 22.3 Å². The van der Waals surface area contributed by atoms with Gasteiger partial charge in [-0.2, -0.15) is 0 Å². The van der Waals surface area contributed by atoms with Crippen molar-refractivity contribution in [2.75, 3.05) is 0 Å². The van der Waals surface area contributed by atoms with Crippen molar-refractivity contribution in [2.45, 2.75) is 91.3 Å². The van der Waals surface area contributed by atoms with Crippen molar-refractivity contribution in [2.24, 2.45) is 0 Å². The molecule has 3 aromatic rings. The molecule has 1 aliphatic rings. The van der Waals surface area contributed by atoms with E-state index < -0.39 is 7.12 Å². The minimum Gasteiger partial charge on any atom is -0.399 e. The summed E-state index contributed by atoms with van der Waals surface area (Å²) in [7, 11) is -0.404. The molecule has 1 aliphatic heterocycles. The highest BCUT2D eigenvalue weighted by Crippen LogP contribution is 2.39. The highest BCUT2D eigenvalue weighted by Gasteiger charge is 2.52. The monoisotopic (exact) mass is 468 g/mol. The maximum absolute atomic E-state index is 6.52. The van der Waals surface area contributed by atoms with Gasteiger partial charge in [0.25, 0.3) is 0 Å². The van der Waals surface area contributed by atoms with Crippen molar-refractivity contribution in [1.82, 2.24) is 0 Å². The third-order valence-corrected chi connectivity index (χ3v) is 7.75. The molecule has 0 unspecified atom stereocenters. The Balaban J connectivity index is 1.79. The summed E-state index contributed by atoms with van der Waals surface area (Å²) >= 11 is 0. The van der Waals surface area contributed by atoms with Crippen molar-refractivity contribution in [1.29, 1.82) is 0 Å². The molecule has 0 spiro atoms. The molecular weight excluding hydrogens is 427 g/mol. The van der Waals surface area contributed by atoms with E-state index in [-0.39, 0.29) is 11.2 Å². The number of aryl methyl sites for hydroxylation is 2. The molecule has 1 heterocycles. The van der Waals surface area contributed by atoms with E-state index in [1.807, 2.05) is 0 Å². The summed E-state index contributed by atoms with van der Waals surface area (Å²) in [4.78, 5) is 0. The molecule has 0 atom stereocenters. The maximum atomic E-state index is 6.52. The van der Waals surface area contributed by atoms with Crippen LogP contribution in [-0.2, 0) is 22.2 Å². The first kappa shape index (κ1) is 25.7. The molecule has 0 aromatic heterocycles. The van der Waals surface area contributed by atoms with E-state index in [0.717, 1.165) is 18.3 Å². The lowest BCUT2D eigenvalue weighted by Gasteiger charge is -2.32. The van der Waals surface area contributed by atoms with Gasteiger partial charge in [-0.3, -0.25) is 0 Å². The maximum Gasteiger partial charge on any atom is 0.495 e. The molecule has 0 bridgehead atoms. The Morgan fingerprint density at radius 3 is 1.60 bits per heavy atom. The first-order chi connectivity index (χ1) is 16.8. The third-order valence-electron chi connectivity index (χ3n) is 7.75. The molecule has 2 nitrogen and oxygen atoms in total. The van der Waals surface area contributed by atoms with Crippen LogP contribution >= 0.6 is 0 Å². The Morgan fingerprint density at radius 1 is 0.629 bits per heavy atom. The van der Waals surface area contributed by atoms with E-state index in [2.05, 4.69) is 108 Å². The summed E-state index contributed by atoms with van der Waals surface area (Å²) in [6.45, 7) is 13.0. The summed E-state index contributed by atoms with van der Waals surface area (Å²) in [5.41, 5.74) is 8.00. The van der Waals surface area contributed by atoms with Gasteiger partial charge in [0, 0.05) is 0 Å². The van der Waals surface area contributed by atoms with Gasteiger partial charge < -0.3 is 9.31 Å². The number of hydrogen-bond acceptors (Lipinski definition) is 2. The minimum absolute atomic E-state index is 0.379. The van der Waals surface area contributed by atoms with E-state index in [1.165, 1.54) is 59.1 Å². The molecule has 0 amide bonds. The van der Waals surface area contributed by atoms with Crippen LogP contribution in [0.1, 0.15) is 78.4 Å². The molecule has 3 aromatic carbocycles. The Kier molecular flexibility index (Phi) is 7.88. The van der Waals surface area contributed by atoms with Crippen LogP contribution in [0, 0.1) is 0 Å². The second kappa shape index (κ2) is 10.7. The normalized spacial score (nSPS) is 16.6. The van der Waals surface area contributed by atoms with Crippen LogP contribution in [0.2, 0.25) is 0 Å². The van der Waals surface area contributed by atoms with Gasteiger partial charge in [-0.1, -0.05) is 93.4 Å². The van der Waals surface area contributed by atoms with E-state index in [0.29, 0.717) is 0 Å². The van der Waals surface area contributed by atoms with Gasteiger partial charge in [0.2, 0.25) is 0 Å². The smallest absolute Gasteiger partial charge is 0.399 e. The number of unbranched alkanes of at least 4 members (excludes halogenated alkanes) is 2. The predicted octanol–water partition coefficient (Wildman–Crippen LogP) is 8.01. The fraction of sp³-hybridized carbons (Fsp3) is 0.438. The Labute approximate surface area is 213 Å². The summed E-state index contributed by atoms with van der Waals surface area (Å²) in [5.74, 6) is 0. The quantitative estimate of drug-likeness (QED) is 0.296. The first-order valence-corrected chi connectivity index (χ1v) is 13.4. The zero-order valence-corrected chi connectivity index (χ0v) is 22.5. The minimum atomic E-state index is -0.404.